The van der Waals surface area contributed by atoms with Gasteiger partial charge >= 0.3 is 5.97 Å². The summed E-state index contributed by atoms with van der Waals surface area (Å²) in [6, 6.07) is 5.84. The molecule has 80 valence electrons. The second kappa shape index (κ2) is 4.03. The minimum atomic E-state index is -0.840. The molecule has 1 aromatic carbocycles. The second-order valence-electron chi connectivity index (χ2n) is 3.97. The molecule has 0 amide bonds. The molecule has 2 rings (SSSR count). The molecule has 1 aliphatic heterocycles. The highest BCUT2D eigenvalue weighted by atomic mass is 16.4. The van der Waals surface area contributed by atoms with Crippen LogP contribution in [0.2, 0.25) is 0 Å². The van der Waals surface area contributed by atoms with Gasteiger partial charge in [-0.05, 0) is 43.5 Å². The molecular formula is C12H15NO2. The van der Waals surface area contributed by atoms with Crippen molar-refractivity contribution in [2.24, 2.45) is 0 Å². The van der Waals surface area contributed by atoms with E-state index in [0.717, 1.165) is 24.1 Å². The van der Waals surface area contributed by atoms with E-state index >= 15 is 0 Å². The van der Waals surface area contributed by atoms with Crippen LogP contribution in [0, 0.1) is 6.92 Å². The average molecular weight is 205 g/mol. The minimum Gasteiger partial charge on any atom is -0.478 e. The maximum Gasteiger partial charge on any atom is 0.335 e. The first-order valence-corrected chi connectivity index (χ1v) is 5.26. The summed E-state index contributed by atoms with van der Waals surface area (Å²) in [5.74, 6) is -0.840. The van der Waals surface area contributed by atoms with Crippen LogP contribution >= 0.6 is 0 Å². The summed E-state index contributed by atoms with van der Waals surface area (Å²) in [6.45, 7) is 2.92. The lowest BCUT2D eigenvalue weighted by atomic mass is 9.96. The molecule has 0 spiro atoms. The van der Waals surface area contributed by atoms with E-state index in [2.05, 4.69) is 5.32 Å². The number of rotatable bonds is 2. The van der Waals surface area contributed by atoms with Crippen molar-refractivity contribution in [2.75, 3.05) is 6.54 Å². The lowest BCUT2D eigenvalue weighted by Crippen LogP contribution is -2.15. The number of carboxylic acid groups (broad SMARTS) is 1. The van der Waals surface area contributed by atoms with Crippen molar-refractivity contribution in [3.63, 3.8) is 0 Å². The molecule has 0 bridgehead atoms. The van der Waals surface area contributed by atoms with E-state index < -0.39 is 5.97 Å². The third-order valence-corrected chi connectivity index (χ3v) is 3.04. The zero-order chi connectivity index (χ0) is 10.8. The molecule has 0 saturated carbocycles. The maximum atomic E-state index is 11.0. The van der Waals surface area contributed by atoms with E-state index in [0.29, 0.717) is 11.6 Å². The molecule has 2 N–H and O–H groups in total. The smallest absolute Gasteiger partial charge is 0.335 e. The van der Waals surface area contributed by atoms with Gasteiger partial charge in [-0.25, -0.2) is 4.79 Å². The summed E-state index contributed by atoms with van der Waals surface area (Å²) in [4.78, 5) is 11.0. The highest BCUT2D eigenvalue weighted by Crippen LogP contribution is 2.27. The van der Waals surface area contributed by atoms with E-state index in [1.165, 1.54) is 6.42 Å². The summed E-state index contributed by atoms with van der Waals surface area (Å²) in [7, 11) is 0. The van der Waals surface area contributed by atoms with Crippen LogP contribution in [0.25, 0.3) is 0 Å². The van der Waals surface area contributed by atoms with Gasteiger partial charge in [-0.1, -0.05) is 12.1 Å². The van der Waals surface area contributed by atoms with Crippen molar-refractivity contribution in [1.29, 1.82) is 0 Å². The van der Waals surface area contributed by atoms with Crippen LogP contribution in [0.1, 0.15) is 40.4 Å². The topological polar surface area (TPSA) is 49.3 Å². The zero-order valence-electron chi connectivity index (χ0n) is 8.79. The largest absolute Gasteiger partial charge is 0.478 e. The summed E-state index contributed by atoms with van der Waals surface area (Å²) in [5.41, 5.74) is 2.44. The first kappa shape index (κ1) is 10.2. The lowest BCUT2D eigenvalue weighted by molar-refractivity contribution is 0.0696. The molecule has 0 aliphatic carbocycles. The van der Waals surface area contributed by atoms with Crippen molar-refractivity contribution in [1.82, 2.24) is 5.32 Å². The van der Waals surface area contributed by atoms with Crippen molar-refractivity contribution in [2.45, 2.75) is 25.8 Å². The first-order chi connectivity index (χ1) is 7.20. The molecule has 1 aromatic rings. The van der Waals surface area contributed by atoms with Crippen LogP contribution < -0.4 is 5.32 Å². The first-order valence-electron chi connectivity index (χ1n) is 5.26. The standard InChI is InChI=1S/C12H15NO2/c1-8-9(11-6-3-7-13-11)4-2-5-10(8)12(14)15/h2,4-5,11,13H,3,6-7H2,1H3,(H,14,15)/t11-/m0/s1. The predicted octanol–water partition coefficient (Wildman–Crippen LogP) is 2.12. The molecular weight excluding hydrogens is 190 g/mol. The highest BCUT2D eigenvalue weighted by molar-refractivity contribution is 5.89. The van der Waals surface area contributed by atoms with Crippen molar-refractivity contribution < 1.29 is 9.90 Å². The molecule has 1 heterocycles. The van der Waals surface area contributed by atoms with Gasteiger partial charge in [-0.15, -0.1) is 0 Å². The molecule has 0 unspecified atom stereocenters. The number of benzene rings is 1. The van der Waals surface area contributed by atoms with Crippen molar-refractivity contribution in [3.8, 4) is 0 Å². The molecule has 0 aromatic heterocycles. The molecule has 3 nitrogen and oxygen atoms in total. The Hall–Kier alpha value is -1.35. The summed E-state index contributed by atoms with van der Waals surface area (Å²) in [5, 5.41) is 12.4. The van der Waals surface area contributed by atoms with E-state index in [4.69, 9.17) is 5.11 Å². The third kappa shape index (κ3) is 1.88. The normalized spacial score (nSPS) is 20.5. The fourth-order valence-electron chi connectivity index (χ4n) is 2.21. The predicted molar refractivity (Wildman–Crippen MR) is 58.1 cm³/mol. The zero-order valence-corrected chi connectivity index (χ0v) is 8.79. The Morgan fingerprint density at radius 2 is 2.33 bits per heavy atom. The number of hydrogen-bond acceptors (Lipinski definition) is 2. The monoisotopic (exact) mass is 205 g/mol. The lowest BCUT2D eigenvalue weighted by Gasteiger charge is -2.15. The van der Waals surface area contributed by atoms with Gasteiger partial charge in [0, 0.05) is 6.04 Å². The summed E-state index contributed by atoms with van der Waals surface area (Å²) >= 11 is 0. The van der Waals surface area contributed by atoms with Crippen LogP contribution in [-0.4, -0.2) is 17.6 Å². The van der Waals surface area contributed by atoms with Crippen LogP contribution in [0.3, 0.4) is 0 Å². The molecule has 3 heteroatoms. The van der Waals surface area contributed by atoms with Crippen LogP contribution in [0.15, 0.2) is 18.2 Å². The molecule has 15 heavy (non-hydrogen) atoms. The summed E-state index contributed by atoms with van der Waals surface area (Å²) < 4.78 is 0. The quantitative estimate of drug-likeness (QED) is 0.777. The van der Waals surface area contributed by atoms with E-state index in [1.54, 1.807) is 6.07 Å². The van der Waals surface area contributed by atoms with E-state index in [9.17, 15) is 4.79 Å². The van der Waals surface area contributed by atoms with Crippen molar-refractivity contribution in [3.05, 3.63) is 34.9 Å². The number of carboxylic acids is 1. The van der Waals surface area contributed by atoms with Gasteiger partial charge in [0.15, 0.2) is 0 Å². The van der Waals surface area contributed by atoms with Gasteiger partial charge in [-0.3, -0.25) is 0 Å². The Kier molecular flexibility index (Phi) is 2.73. The number of nitrogens with one attached hydrogen (secondary N) is 1. The van der Waals surface area contributed by atoms with Gasteiger partial charge in [0.1, 0.15) is 0 Å². The van der Waals surface area contributed by atoms with Gasteiger partial charge in [0.25, 0.3) is 0 Å². The third-order valence-electron chi connectivity index (χ3n) is 3.04. The summed E-state index contributed by atoms with van der Waals surface area (Å²) in [6.07, 6.45) is 2.27. The average Bonchev–Trinajstić information content (AvgIpc) is 2.70. The number of aromatic carboxylic acids is 1. The molecule has 1 fully saturated rings. The van der Waals surface area contributed by atoms with Gasteiger partial charge in [0.2, 0.25) is 0 Å². The fourth-order valence-corrected chi connectivity index (χ4v) is 2.21. The van der Waals surface area contributed by atoms with Gasteiger partial charge in [0.05, 0.1) is 5.56 Å². The minimum absolute atomic E-state index is 0.337. The molecule has 0 radical (unpaired) electrons. The second-order valence-corrected chi connectivity index (χ2v) is 3.97. The number of hydrogen-bond donors (Lipinski definition) is 2. The Balaban J connectivity index is 2.39. The maximum absolute atomic E-state index is 11.0. The van der Waals surface area contributed by atoms with Crippen LogP contribution in [0.4, 0.5) is 0 Å². The SMILES string of the molecule is Cc1c(C(=O)O)cccc1[C@@H]1CCCN1. The molecule has 1 atom stereocenters. The van der Waals surface area contributed by atoms with Crippen LogP contribution in [0.5, 0.6) is 0 Å². The molecule has 1 aliphatic rings. The van der Waals surface area contributed by atoms with Gasteiger partial charge in [-0.2, -0.15) is 0 Å². The van der Waals surface area contributed by atoms with Crippen LogP contribution in [-0.2, 0) is 0 Å². The Morgan fingerprint density at radius 3 is 2.93 bits per heavy atom. The Morgan fingerprint density at radius 1 is 1.53 bits per heavy atom. The Labute approximate surface area is 89.1 Å². The number of carbonyl (C=O) groups is 1. The fraction of sp³-hybridized carbons (Fsp3) is 0.417. The van der Waals surface area contributed by atoms with Crippen molar-refractivity contribution >= 4 is 5.97 Å². The van der Waals surface area contributed by atoms with Gasteiger partial charge < -0.3 is 10.4 Å². The van der Waals surface area contributed by atoms with E-state index in [-0.39, 0.29) is 0 Å². The Bertz CT molecular complexity index is 381. The highest BCUT2D eigenvalue weighted by Gasteiger charge is 2.20. The molecule has 1 saturated heterocycles. The van der Waals surface area contributed by atoms with E-state index in [1.807, 2.05) is 19.1 Å².